The van der Waals surface area contributed by atoms with E-state index >= 15 is 0 Å². The summed E-state index contributed by atoms with van der Waals surface area (Å²) < 4.78 is 9.09. The number of carbonyl (C=O) groups excluding carboxylic acids is 1. The van der Waals surface area contributed by atoms with Gasteiger partial charge in [-0.1, -0.05) is 12.1 Å². The first-order chi connectivity index (χ1) is 9.19. The maximum absolute atomic E-state index is 10.9. The van der Waals surface area contributed by atoms with E-state index in [0.29, 0.717) is 24.5 Å². The Morgan fingerprint density at radius 2 is 2.16 bits per heavy atom. The van der Waals surface area contributed by atoms with Crippen LogP contribution in [0, 0.1) is 0 Å². The topological polar surface area (TPSA) is 90.1 Å². The molecule has 3 N–H and O–H groups in total. The maximum Gasteiger partial charge on any atom is 0.248 e. The molecule has 7 heteroatoms. The van der Waals surface area contributed by atoms with Gasteiger partial charge in [0.1, 0.15) is 6.61 Å². The summed E-state index contributed by atoms with van der Waals surface area (Å²) in [7, 11) is 1.61. The molecule has 1 amide bonds. The number of nitrogens with two attached hydrogens (primary N) is 1. The first-order valence-electron chi connectivity index (χ1n) is 5.63. The van der Waals surface area contributed by atoms with Gasteiger partial charge in [-0.05, 0) is 17.7 Å². The van der Waals surface area contributed by atoms with Gasteiger partial charge < -0.3 is 15.8 Å². The van der Waals surface area contributed by atoms with E-state index in [0.717, 1.165) is 10.7 Å². The molecule has 2 rings (SSSR count). The second-order valence-electron chi connectivity index (χ2n) is 3.86. The minimum Gasteiger partial charge on any atom is -0.377 e. The number of aromatic nitrogens is 2. The van der Waals surface area contributed by atoms with Crippen LogP contribution in [0.1, 0.15) is 21.7 Å². The van der Waals surface area contributed by atoms with Crippen molar-refractivity contribution in [3.8, 4) is 0 Å². The third kappa shape index (κ3) is 3.73. The molecule has 1 aromatic carbocycles. The van der Waals surface area contributed by atoms with Crippen LogP contribution in [0.4, 0.5) is 5.13 Å². The normalized spacial score (nSPS) is 10.4. The first kappa shape index (κ1) is 13.4. The fourth-order valence-electron chi connectivity index (χ4n) is 1.48. The van der Waals surface area contributed by atoms with Gasteiger partial charge in [-0.3, -0.25) is 4.79 Å². The Balaban J connectivity index is 1.92. The summed E-state index contributed by atoms with van der Waals surface area (Å²) in [4.78, 5) is 15.2. The van der Waals surface area contributed by atoms with Crippen molar-refractivity contribution in [1.82, 2.24) is 9.36 Å². The molecule has 0 aliphatic rings. The number of hydrogen-bond acceptors (Lipinski definition) is 6. The zero-order valence-corrected chi connectivity index (χ0v) is 11.2. The summed E-state index contributed by atoms with van der Waals surface area (Å²) in [5, 5.41) is 3.90. The molecule has 19 heavy (non-hydrogen) atoms. The number of anilines is 1. The number of rotatable bonds is 6. The Morgan fingerprint density at radius 1 is 1.42 bits per heavy atom. The van der Waals surface area contributed by atoms with Crippen LogP contribution < -0.4 is 11.1 Å². The summed E-state index contributed by atoms with van der Waals surface area (Å²) in [6.07, 6.45) is 0. The third-order valence-electron chi connectivity index (χ3n) is 2.42. The number of ether oxygens (including phenoxy) is 1. The summed E-state index contributed by atoms with van der Waals surface area (Å²) in [6.45, 7) is 1.02. The molecule has 1 heterocycles. The van der Waals surface area contributed by atoms with Crippen molar-refractivity contribution in [2.75, 3.05) is 12.4 Å². The summed E-state index contributed by atoms with van der Waals surface area (Å²) >= 11 is 1.29. The smallest absolute Gasteiger partial charge is 0.248 e. The van der Waals surface area contributed by atoms with E-state index < -0.39 is 5.91 Å². The lowest BCUT2D eigenvalue weighted by Crippen LogP contribution is -2.10. The number of amides is 1. The molecule has 2 aromatic rings. The number of nitrogens with one attached hydrogen (secondary N) is 1. The number of nitrogens with zero attached hydrogens (tertiary/aromatic N) is 2. The predicted molar refractivity (Wildman–Crippen MR) is 72.9 cm³/mol. The van der Waals surface area contributed by atoms with Crippen LogP contribution in [0.2, 0.25) is 0 Å². The molecular weight excluding hydrogens is 264 g/mol. The van der Waals surface area contributed by atoms with Crippen LogP contribution in [0.15, 0.2) is 24.3 Å². The van der Waals surface area contributed by atoms with Gasteiger partial charge in [-0.25, -0.2) is 4.98 Å². The fourth-order valence-corrected chi connectivity index (χ4v) is 2.05. The lowest BCUT2D eigenvalue weighted by atomic mass is 10.1. The quantitative estimate of drug-likeness (QED) is 0.833. The van der Waals surface area contributed by atoms with Crippen LogP contribution >= 0.6 is 11.5 Å². The Kier molecular flexibility index (Phi) is 4.43. The van der Waals surface area contributed by atoms with Crippen molar-refractivity contribution in [3.63, 3.8) is 0 Å². The Morgan fingerprint density at radius 3 is 2.79 bits per heavy atom. The van der Waals surface area contributed by atoms with E-state index in [4.69, 9.17) is 10.5 Å². The van der Waals surface area contributed by atoms with Gasteiger partial charge in [0.15, 0.2) is 5.82 Å². The average molecular weight is 278 g/mol. The van der Waals surface area contributed by atoms with Gasteiger partial charge in [-0.15, -0.1) is 0 Å². The van der Waals surface area contributed by atoms with Gasteiger partial charge in [0.2, 0.25) is 11.0 Å². The van der Waals surface area contributed by atoms with E-state index in [-0.39, 0.29) is 0 Å². The van der Waals surface area contributed by atoms with Gasteiger partial charge in [0.05, 0.1) is 0 Å². The van der Waals surface area contributed by atoms with Crippen molar-refractivity contribution in [2.45, 2.75) is 13.2 Å². The highest BCUT2D eigenvalue weighted by molar-refractivity contribution is 7.09. The van der Waals surface area contributed by atoms with Crippen LogP contribution in [0.25, 0.3) is 0 Å². The van der Waals surface area contributed by atoms with Crippen LogP contribution in [0.5, 0.6) is 0 Å². The van der Waals surface area contributed by atoms with Crippen molar-refractivity contribution in [1.29, 1.82) is 0 Å². The van der Waals surface area contributed by atoms with Gasteiger partial charge in [0.25, 0.3) is 0 Å². The molecule has 0 saturated heterocycles. The summed E-state index contributed by atoms with van der Waals surface area (Å²) in [5.74, 6) is 0.243. The number of benzene rings is 1. The first-order valence-corrected chi connectivity index (χ1v) is 6.40. The van der Waals surface area contributed by atoms with Crippen molar-refractivity contribution in [2.24, 2.45) is 5.73 Å². The molecule has 100 valence electrons. The van der Waals surface area contributed by atoms with Crippen LogP contribution in [0.3, 0.4) is 0 Å². The van der Waals surface area contributed by atoms with Crippen LogP contribution in [-0.4, -0.2) is 22.4 Å². The fraction of sp³-hybridized carbons (Fsp3) is 0.250. The van der Waals surface area contributed by atoms with E-state index in [1.54, 1.807) is 19.2 Å². The highest BCUT2D eigenvalue weighted by Gasteiger charge is 2.04. The zero-order valence-electron chi connectivity index (χ0n) is 10.4. The van der Waals surface area contributed by atoms with Crippen molar-refractivity contribution >= 4 is 22.6 Å². The lowest BCUT2D eigenvalue weighted by molar-refractivity contribution is 0.100. The Hall–Kier alpha value is -1.99. The van der Waals surface area contributed by atoms with Gasteiger partial charge in [-0.2, -0.15) is 4.37 Å². The molecule has 0 radical (unpaired) electrons. The lowest BCUT2D eigenvalue weighted by Gasteiger charge is -2.03. The maximum atomic E-state index is 10.9. The second kappa shape index (κ2) is 6.26. The summed E-state index contributed by atoms with van der Waals surface area (Å²) in [5.41, 5.74) is 6.71. The van der Waals surface area contributed by atoms with Gasteiger partial charge >= 0.3 is 0 Å². The van der Waals surface area contributed by atoms with E-state index in [9.17, 15) is 4.79 Å². The standard InChI is InChI=1S/C12H14N4O2S/c1-18-7-10-15-12(19-16-10)14-6-8-2-4-9(5-3-8)11(13)17/h2-5H,6-7H2,1H3,(H2,13,17)(H,14,15,16). The molecule has 0 aliphatic heterocycles. The minimum absolute atomic E-state index is 0.408. The average Bonchev–Trinajstić information content (AvgIpc) is 2.85. The summed E-state index contributed by atoms with van der Waals surface area (Å²) in [6, 6.07) is 7.11. The Labute approximate surface area is 114 Å². The molecule has 1 aromatic heterocycles. The monoisotopic (exact) mass is 278 g/mol. The SMILES string of the molecule is COCc1nsc(NCc2ccc(C(N)=O)cc2)n1. The van der Waals surface area contributed by atoms with E-state index in [1.807, 2.05) is 12.1 Å². The number of primary amides is 1. The molecule has 0 bridgehead atoms. The highest BCUT2D eigenvalue weighted by atomic mass is 32.1. The van der Waals surface area contributed by atoms with Crippen molar-refractivity contribution in [3.05, 3.63) is 41.2 Å². The predicted octanol–water partition coefficient (Wildman–Crippen LogP) is 1.40. The largest absolute Gasteiger partial charge is 0.377 e. The number of hydrogen-bond donors (Lipinski definition) is 2. The third-order valence-corrected chi connectivity index (χ3v) is 3.13. The van der Waals surface area contributed by atoms with Crippen molar-refractivity contribution < 1.29 is 9.53 Å². The van der Waals surface area contributed by atoms with E-state index in [2.05, 4.69) is 14.7 Å². The number of carbonyl (C=O) groups is 1. The highest BCUT2D eigenvalue weighted by Crippen LogP contribution is 2.13. The van der Waals surface area contributed by atoms with Crippen LogP contribution in [-0.2, 0) is 17.9 Å². The second-order valence-corrected chi connectivity index (χ2v) is 4.62. The van der Waals surface area contributed by atoms with Gasteiger partial charge in [0, 0.05) is 30.8 Å². The molecule has 0 saturated carbocycles. The minimum atomic E-state index is -0.423. The van der Waals surface area contributed by atoms with E-state index in [1.165, 1.54) is 11.5 Å². The Bertz CT molecular complexity index is 553. The number of methoxy groups -OCH3 is 1. The molecule has 0 atom stereocenters. The molecule has 6 nitrogen and oxygen atoms in total. The molecule has 0 unspecified atom stereocenters. The molecule has 0 spiro atoms. The zero-order chi connectivity index (χ0) is 13.7. The molecule has 0 aliphatic carbocycles. The molecular formula is C12H14N4O2S. The molecule has 0 fully saturated rings.